The molecule has 0 fully saturated rings. The van der Waals surface area contributed by atoms with E-state index in [1.807, 2.05) is 73.7 Å². The zero-order chi connectivity index (χ0) is 17.6. The highest BCUT2D eigenvalue weighted by Gasteiger charge is 2.08. The van der Waals surface area contributed by atoms with Crippen LogP contribution in [-0.2, 0) is 4.79 Å². The second kappa shape index (κ2) is 7.94. The topological polar surface area (TPSA) is 50.7 Å². The van der Waals surface area contributed by atoms with Gasteiger partial charge in [-0.3, -0.25) is 4.79 Å². The largest absolute Gasteiger partial charge is 0.483 e. The maximum Gasteiger partial charge on any atom is 0.277 e. The molecule has 1 N–H and O–H groups in total. The number of nitrogens with zero attached hydrogens (tertiary/aromatic N) is 1. The standard InChI is InChI=1S/C20H17BrN2O2/c1-14(15-7-3-2-4-8-15)22-23-19(24)13-25-18-12-11-16-9-5-6-10-17(16)20(18)21/h2-12H,13H2,1H3,(H,23,24). The van der Waals surface area contributed by atoms with Crippen molar-refractivity contribution in [2.45, 2.75) is 6.92 Å². The van der Waals surface area contributed by atoms with Gasteiger partial charge in [0.2, 0.25) is 0 Å². The number of rotatable bonds is 5. The first kappa shape index (κ1) is 17.2. The van der Waals surface area contributed by atoms with E-state index >= 15 is 0 Å². The van der Waals surface area contributed by atoms with Gasteiger partial charge >= 0.3 is 0 Å². The van der Waals surface area contributed by atoms with Crippen LogP contribution in [0.3, 0.4) is 0 Å². The first-order chi connectivity index (χ1) is 12.1. The van der Waals surface area contributed by atoms with E-state index in [9.17, 15) is 4.79 Å². The third-order valence-electron chi connectivity index (χ3n) is 3.73. The van der Waals surface area contributed by atoms with Gasteiger partial charge in [0.15, 0.2) is 6.61 Å². The molecule has 0 aliphatic heterocycles. The molecule has 0 radical (unpaired) electrons. The smallest absolute Gasteiger partial charge is 0.277 e. The number of fused-ring (bicyclic) bond motifs is 1. The van der Waals surface area contributed by atoms with Crippen LogP contribution in [0, 0.1) is 0 Å². The predicted octanol–water partition coefficient (Wildman–Crippen LogP) is 4.52. The second-order valence-corrected chi connectivity index (χ2v) is 6.28. The molecule has 0 heterocycles. The number of amides is 1. The fourth-order valence-electron chi connectivity index (χ4n) is 2.39. The first-order valence-corrected chi connectivity index (χ1v) is 8.63. The van der Waals surface area contributed by atoms with Gasteiger partial charge in [-0.15, -0.1) is 0 Å². The van der Waals surface area contributed by atoms with Crippen LogP contribution >= 0.6 is 15.9 Å². The van der Waals surface area contributed by atoms with E-state index < -0.39 is 0 Å². The van der Waals surface area contributed by atoms with Crippen molar-refractivity contribution >= 4 is 38.3 Å². The Hall–Kier alpha value is -2.66. The van der Waals surface area contributed by atoms with Gasteiger partial charge in [0, 0.05) is 0 Å². The number of ether oxygens (including phenoxy) is 1. The number of hydrogen-bond donors (Lipinski definition) is 1. The number of nitrogens with one attached hydrogen (secondary N) is 1. The summed E-state index contributed by atoms with van der Waals surface area (Å²) in [5, 5.41) is 6.25. The molecule has 5 heteroatoms. The zero-order valence-corrected chi connectivity index (χ0v) is 15.3. The summed E-state index contributed by atoms with van der Waals surface area (Å²) in [7, 11) is 0. The molecular weight excluding hydrogens is 380 g/mol. The average Bonchev–Trinajstić information content (AvgIpc) is 2.66. The van der Waals surface area contributed by atoms with Crippen LogP contribution in [0.5, 0.6) is 5.75 Å². The summed E-state index contributed by atoms with van der Waals surface area (Å²) in [4.78, 5) is 12.0. The average molecular weight is 397 g/mol. The lowest BCUT2D eigenvalue weighted by molar-refractivity contribution is -0.123. The number of carbonyl (C=O) groups is 1. The van der Waals surface area contributed by atoms with Gasteiger partial charge in [-0.25, -0.2) is 5.43 Å². The molecule has 0 spiro atoms. The molecule has 1 amide bonds. The molecule has 0 unspecified atom stereocenters. The Morgan fingerprint density at radius 1 is 1.04 bits per heavy atom. The van der Waals surface area contributed by atoms with E-state index in [1.165, 1.54) is 0 Å². The van der Waals surface area contributed by atoms with Crippen LogP contribution < -0.4 is 10.2 Å². The summed E-state index contributed by atoms with van der Waals surface area (Å²) >= 11 is 3.54. The van der Waals surface area contributed by atoms with Crippen LogP contribution in [0.1, 0.15) is 12.5 Å². The van der Waals surface area contributed by atoms with Gasteiger partial charge in [0.05, 0.1) is 10.2 Å². The molecule has 0 saturated heterocycles. The van der Waals surface area contributed by atoms with Crippen LogP contribution in [0.4, 0.5) is 0 Å². The van der Waals surface area contributed by atoms with Gasteiger partial charge in [0.25, 0.3) is 5.91 Å². The van der Waals surface area contributed by atoms with Crippen molar-refractivity contribution in [3.63, 3.8) is 0 Å². The second-order valence-electron chi connectivity index (χ2n) is 5.49. The molecule has 0 aromatic heterocycles. The van der Waals surface area contributed by atoms with Crippen molar-refractivity contribution in [3.8, 4) is 5.75 Å². The van der Waals surface area contributed by atoms with Crippen LogP contribution in [0.15, 0.2) is 76.3 Å². The fraction of sp³-hybridized carbons (Fsp3) is 0.100. The van der Waals surface area contributed by atoms with Gasteiger partial charge in [-0.2, -0.15) is 5.10 Å². The molecule has 25 heavy (non-hydrogen) atoms. The molecule has 0 saturated carbocycles. The number of benzene rings is 3. The summed E-state index contributed by atoms with van der Waals surface area (Å²) in [6, 6.07) is 21.4. The van der Waals surface area contributed by atoms with E-state index in [0.717, 1.165) is 26.5 Å². The van der Waals surface area contributed by atoms with E-state index in [4.69, 9.17) is 4.74 Å². The summed E-state index contributed by atoms with van der Waals surface area (Å²) in [5.74, 6) is 0.313. The molecule has 0 aliphatic carbocycles. The van der Waals surface area contributed by atoms with Crippen molar-refractivity contribution < 1.29 is 9.53 Å². The lowest BCUT2D eigenvalue weighted by Gasteiger charge is -2.10. The number of hydrazone groups is 1. The molecule has 3 rings (SSSR count). The van der Waals surface area contributed by atoms with E-state index in [2.05, 4.69) is 26.5 Å². The highest BCUT2D eigenvalue weighted by atomic mass is 79.9. The highest BCUT2D eigenvalue weighted by molar-refractivity contribution is 9.10. The Morgan fingerprint density at radius 2 is 1.76 bits per heavy atom. The lowest BCUT2D eigenvalue weighted by atomic mass is 10.1. The Balaban J connectivity index is 1.62. The quantitative estimate of drug-likeness (QED) is 0.508. The maximum absolute atomic E-state index is 12.0. The molecular formula is C20H17BrN2O2. The minimum Gasteiger partial charge on any atom is -0.483 e. The van der Waals surface area contributed by atoms with E-state index in [-0.39, 0.29) is 12.5 Å². The minimum atomic E-state index is -0.310. The van der Waals surface area contributed by atoms with Crippen LogP contribution in [-0.4, -0.2) is 18.2 Å². The molecule has 126 valence electrons. The van der Waals surface area contributed by atoms with Gasteiger partial charge in [-0.05, 0) is 45.3 Å². The summed E-state index contributed by atoms with van der Waals surface area (Å²) in [6.07, 6.45) is 0. The Morgan fingerprint density at radius 3 is 2.56 bits per heavy atom. The predicted molar refractivity (Wildman–Crippen MR) is 104 cm³/mol. The summed E-state index contributed by atoms with van der Waals surface area (Å²) in [6.45, 7) is 1.74. The molecule has 3 aromatic carbocycles. The Kier molecular flexibility index (Phi) is 5.46. The number of carbonyl (C=O) groups excluding carboxylic acids is 1. The van der Waals surface area contributed by atoms with Crippen molar-refractivity contribution in [1.82, 2.24) is 5.43 Å². The molecule has 0 atom stereocenters. The first-order valence-electron chi connectivity index (χ1n) is 7.84. The van der Waals surface area contributed by atoms with Crippen molar-refractivity contribution in [1.29, 1.82) is 0 Å². The number of hydrogen-bond acceptors (Lipinski definition) is 3. The third kappa shape index (κ3) is 4.25. The van der Waals surface area contributed by atoms with Crippen LogP contribution in [0.2, 0.25) is 0 Å². The van der Waals surface area contributed by atoms with Crippen molar-refractivity contribution in [3.05, 3.63) is 76.8 Å². The van der Waals surface area contributed by atoms with Gasteiger partial charge in [0.1, 0.15) is 5.75 Å². The normalized spacial score (nSPS) is 11.4. The highest BCUT2D eigenvalue weighted by Crippen LogP contribution is 2.32. The van der Waals surface area contributed by atoms with E-state index in [1.54, 1.807) is 0 Å². The van der Waals surface area contributed by atoms with Gasteiger partial charge < -0.3 is 4.74 Å². The SMILES string of the molecule is CC(=NNC(=O)COc1ccc2ccccc2c1Br)c1ccccc1. The monoisotopic (exact) mass is 396 g/mol. The fourth-order valence-corrected chi connectivity index (χ4v) is 3.00. The van der Waals surface area contributed by atoms with Crippen molar-refractivity contribution in [2.75, 3.05) is 6.61 Å². The van der Waals surface area contributed by atoms with Crippen molar-refractivity contribution in [2.24, 2.45) is 5.10 Å². The Labute approximate surface area is 154 Å². The third-order valence-corrected chi connectivity index (χ3v) is 4.54. The molecule has 0 aliphatic rings. The summed E-state index contributed by atoms with van der Waals surface area (Å²) < 4.78 is 6.45. The molecule has 4 nitrogen and oxygen atoms in total. The Bertz CT molecular complexity index is 923. The van der Waals surface area contributed by atoms with E-state index in [0.29, 0.717) is 5.75 Å². The zero-order valence-electron chi connectivity index (χ0n) is 13.7. The van der Waals surface area contributed by atoms with Gasteiger partial charge in [-0.1, -0.05) is 60.7 Å². The molecule has 3 aromatic rings. The maximum atomic E-state index is 12.0. The molecule has 0 bridgehead atoms. The number of halogens is 1. The van der Waals surface area contributed by atoms with Crippen LogP contribution in [0.25, 0.3) is 10.8 Å². The lowest BCUT2D eigenvalue weighted by Crippen LogP contribution is -2.25. The minimum absolute atomic E-state index is 0.109. The summed E-state index contributed by atoms with van der Waals surface area (Å²) in [5.41, 5.74) is 4.21.